The lowest BCUT2D eigenvalue weighted by atomic mass is 9.44. The summed E-state index contributed by atoms with van der Waals surface area (Å²) >= 11 is 0. The molecule has 0 aromatic carbocycles. The number of piperidine rings is 1. The summed E-state index contributed by atoms with van der Waals surface area (Å²) in [5.74, 6) is -1.35. The summed E-state index contributed by atoms with van der Waals surface area (Å²) in [5.41, 5.74) is -4.23. The third-order valence-corrected chi connectivity index (χ3v) is 11.9. The van der Waals surface area contributed by atoms with Gasteiger partial charge in [0.2, 0.25) is 0 Å². The molecule has 1 spiro atoms. The van der Waals surface area contributed by atoms with Crippen molar-refractivity contribution in [2.75, 3.05) is 47.3 Å². The first-order valence-electron chi connectivity index (χ1n) is 13.0. The first-order chi connectivity index (χ1) is 16.9. The zero-order valence-corrected chi connectivity index (χ0v) is 22.5. The normalized spacial score (nSPS) is 55.2. The molecule has 36 heavy (non-hydrogen) atoms. The van der Waals surface area contributed by atoms with Gasteiger partial charge < -0.3 is 24.4 Å². The fraction of sp³-hybridized carbons (Fsp3) is 0.960. The van der Waals surface area contributed by atoms with Crippen LogP contribution in [0.4, 0.5) is 0 Å². The highest BCUT2D eigenvalue weighted by molar-refractivity contribution is 7.86. The van der Waals surface area contributed by atoms with Gasteiger partial charge in [0.1, 0.15) is 17.5 Å². The molecule has 5 saturated carbocycles. The fourth-order valence-electron chi connectivity index (χ4n) is 10.7. The van der Waals surface area contributed by atoms with E-state index < -0.39 is 62.3 Å². The number of Topliss-reactive ketones (excluding diaryl/α,β-unsaturated/α-hetero) is 1. The lowest BCUT2D eigenvalue weighted by Gasteiger charge is -2.66. The number of fused-ring (bicyclic) bond motifs is 2. The van der Waals surface area contributed by atoms with Crippen molar-refractivity contribution in [1.82, 2.24) is 4.90 Å². The molecular formula is C25H39NO9S. The van der Waals surface area contributed by atoms with Crippen molar-refractivity contribution in [3.63, 3.8) is 0 Å². The van der Waals surface area contributed by atoms with E-state index in [2.05, 4.69) is 11.8 Å². The Kier molecular flexibility index (Phi) is 5.49. The van der Waals surface area contributed by atoms with Crippen LogP contribution in [-0.2, 0) is 33.3 Å². The number of hydrogen-bond donors (Lipinski definition) is 2. The van der Waals surface area contributed by atoms with E-state index in [9.17, 15) is 23.4 Å². The molecule has 0 aromatic rings. The molecule has 1 unspecified atom stereocenters. The summed E-state index contributed by atoms with van der Waals surface area (Å²) in [6.07, 6.45) is 0.00544. The van der Waals surface area contributed by atoms with Crippen LogP contribution in [0.3, 0.4) is 0 Å². The molecule has 1 saturated heterocycles. The SMILES string of the molecule is CCN1C[C@]2(COC)C(=O)CC[C@]34C1[C@H]([C@H](OC)[C@H]23)[C@@]1(O)C[C@H](OC)[C@@]2(O)C[C@@H]4[C@@H]1[C@H]2OS(C)(=O)=O. The van der Waals surface area contributed by atoms with E-state index in [1.165, 1.54) is 7.11 Å². The van der Waals surface area contributed by atoms with Gasteiger partial charge in [0.15, 0.2) is 0 Å². The minimum Gasteiger partial charge on any atom is -0.389 e. The molecule has 6 fully saturated rings. The van der Waals surface area contributed by atoms with E-state index in [1.807, 2.05) is 0 Å². The van der Waals surface area contributed by atoms with E-state index in [4.69, 9.17) is 18.4 Å². The van der Waals surface area contributed by atoms with E-state index in [0.29, 0.717) is 25.9 Å². The topological polar surface area (TPSA) is 132 Å². The first-order valence-corrected chi connectivity index (χ1v) is 14.9. The second-order valence-corrected chi connectivity index (χ2v) is 13.9. The Morgan fingerprint density at radius 2 is 1.81 bits per heavy atom. The van der Waals surface area contributed by atoms with Crippen LogP contribution in [0.2, 0.25) is 0 Å². The molecular weight excluding hydrogens is 490 g/mol. The zero-order valence-electron chi connectivity index (χ0n) is 21.7. The van der Waals surface area contributed by atoms with Crippen molar-refractivity contribution in [3.05, 3.63) is 0 Å². The maximum Gasteiger partial charge on any atom is 0.264 e. The molecule has 204 valence electrons. The highest BCUT2D eigenvalue weighted by Gasteiger charge is 2.87. The second-order valence-electron chi connectivity index (χ2n) is 12.3. The van der Waals surface area contributed by atoms with Crippen molar-refractivity contribution >= 4 is 15.9 Å². The number of carbonyl (C=O) groups is 1. The Balaban J connectivity index is 1.63. The Labute approximate surface area is 212 Å². The predicted octanol–water partition coefficient (Wildman–Crippen LogP) is -0.191. The van der Waals surface area contributed by atoms with Crippen LogP contribution >= 0.6 is 0 Å². The van der Waals surface area contributed by atoms with Gasteiger partial charge in [0.25, 0.3) is 10.1 Å². The summed E-state index contributed by atoms with van der Waals surface area (Å²) < 4.78 is 48.2. The van der Waals surface area contributed by atoms with Gasteiger partial charge in [0, 0.05) is 64.5 Å². The number of hydrogen-bond acceptors (Lipinski definition) is 10. The van der Waals surface area contributed by atoms with Crippen molar-refractivity contribution in [3.8, 4) is 0 Å². The molecule has 0 aromatic heterocycles. The van der Waals surface area contributed by atoms with Crippen LogP contribution < -0.4 is 0 Å². The Bertz CT molecular complexity index is 1070. The molecule has 1 heterocycles. The fourth-order valence-corrected chi connectivity index (χ4v) is 11.4. The molecule has 1 aliphatic heterocycles. The third kappa shape index (κ3) is 2.71. The number of ketones is 1. The zero-order chi connectivity index (χ0) is 26.1. The smallest absolute Gasteiger partial charge is 0.264 e. The highest BCUT2D eigenvalue weighted by Crippen LogP contribution is 2.79. The van der Waals surface area contributed by atoms with Gasteiger partial charge in [-0.05, 0) is 30.7 Å². The molecule has 0 amide bonds. The van der Waals surface area contributed by atoms with Gasteiger partial charge in [-0.1, -0.05) is 6.92 Å². The molecule has 11 heteroatoms. The molecule has 5 aliphatic carbocycles. The molecule has 6 aliphatic rings. The molecule has 7 bridgehead atoms. The molecule has 12 atom stereocenters. The van der Waals surface area contributed by atoms with Gasteiger partial charge in [-0.3, -0.25) is 13.9 Å². The summed E-state index contributed by atoms with van der Waals surface area (Å²) in [4.78, 5) is 16.1. The summed E-state index contributed by atoms with van der Waals surface area (Å²) in [6, 6.07) is -0.0707. The quantitative estimate of drug-likeness (QED) is 0.428. The van der Waals surface area contributed by atoms with Crippen LogP contribution in [0.1, 0.15) is 32.6 Å². The van der Waals surface area contributed by atoms with Crippen molar-refractivity contribution < 1.29 is 41.8 Å². The second kappa shape index (κ2) is 7.71. The Hall–Kier alpha value is -0.660. The number of carbonyl (C=O) groups excluding carboxylic acids is 1. The minimum atomic E-state index is -3.94. The third-order valence-electron chi connectivity index (χ3n) is 11.3. The minimum absolute atomic E-state index is 0.0707. The number of methoxy groups -OCH3 is 3. The van der Waals surface area contributed by atoms with Crippen LogP contribution in [0, 0.1) is 34.5 Å². The monoisotopic (exact) mass is 529 g/mol. The standard InChI is InChI=1S/C25H39NO9S/c1-6-26-11-22(12-32-2)14(27)7-8-23-13-9-24(28)15(33-3)10-25(29,16(13)21(24)35-36(5,30)31)17(20(23)26)18(34-4)19(22)23/h13,15-21,28-29H,6-12H2,1-5H3/t13-,15+,16-,17+,18+,19-,20?,21-,22+,23-,24+,25-/m1/s1. The highest BCUT2D eigenvalue weighted by atomic mass is 32.2. The number of rotatable bonds is 7. The number of likely N-dealkylation sites (tertiary alicyclic amines) is 1. The molecule has 0 radical (unpaired) electrons. The number of ether oxygens (including phenoxy) is 3. The van der Waals surface area contributed by atoms with Gasteiger partial charge in [-0.25, -0.2) is 0 Å². The number of nitrogens with zero attached hydrogens (tertiary/aromatic N) is 1. The number of aliphatic hydroxyl groups is 2. The van der Waals surface area contributed by atoms with Crippen LogP contribution in [0.15, 0.2) is 0 Å². The van der Waals surface area contributed by atoms with Crippen molar-refractivity contribution in [1.29, 1.82) is 0 Å². The molecule has 2 N–H and O–H groups in total. The summed E-state index contributed by atoms with van der Waals surface area (Å²) in [6.45, 7) is 3.57. The van der Waals surface area contributed by atoms with Crippen LogP contribution in [0.25, 0.3) is 0 Å². The van der Waals surface area contributed by atoms with E-state index in [0.717, 1.165) is 6.26 Å². The van der Waals surface area contributed by atoms with Gasteiger partial charge >= 0.3 is 0 Å². The average Bonchev–Trinajstić information content (AvgIpc) is 3.17. The van der Waals surface area contributed by atoms with E-state index >= 15 is 0 Å². The predicted molar refractivity (Wildman–Crippen MR) is 126 cm³/mol. The van der Waals surface area contributed by atoms with Crippen LogP contribution in [-0.4, -0.2) is 112 Å². The summed E-state index contributed by atoms with van der Waals surface area (Å²) in [7, 11) is 0.801. The lowest BCUT2D eigenvalue weighted by Crippen LogP contribution is -2.75. The van der Waals surface area contributed by atoms with E-state index in [1.54, 1.807) is 14.2 Å². The maximum atomic E-state index is 13.8. The molecule has 6 rings (SSSR count). The molecule has 10 nitrogen and oxygen atoms in total. The Morgan fingerprint density at radius 3 is 2.39 bits per heavy atom. The van der Waals surface area contributed by atoms with Gasteiger partial charge in [-0.2, -0.15) is 8.42 Å². The van der Waals surface area contributed by atoms with Crippen molar-refractivity contribution in [2.45, 2.75) is 68.2 Å². The van der Waals surface area contributed by atoms with Crippen LogP contribution in [0.5, 0.6) is 0 Å². The van der Waals surface area contributed by atoms with Gasteiger partial charge in [-0.15, -0.1) is 0 Å². The Morgan fingerprint density at radius 1 is 1.08 bits per heavy atom. The van der Waals surface area contributed by atoms with Crippen molar-refractivity contribution in [2.24, 2.45) is 34.5 Å². The summed E-state index contributed by atoms with van der Waals surface area (Å²) in [5, 5.41) is 24.8. The first kappa shape index (κ1) is 25.6. The largest absolute Gasteiger partial charge is 0.389 e. The lowest BCUT2D eigenvalue weighted by molar-refractivity contribution is -0.258. The maximum absolute atomic E-state index is 13.8. The van der Waals surface area contributed by atoms with Gasteiger partial charge in [0.05, 0.1) is 36.1 Å². The van der Waals surface area contributed by atoms with E-state index in [-0.39, 0.29) is 43.1 Å². The average molecular weight is 530 g/mol.